The predicted octanol–water partition coefficient (Wildman–Crippen LogP) is 3.46. The van der Waals surface area contributed by atoms with Crippen LogP contribution >= 0.6 is 11.6 Å². The van der Waals surface area contributed by atoms with E-state index in [1.807, 2.05) is 39.0 Å². The summed E-state index contributed by atoms with van der Waals surface area (Å²) in [7, 11) is 0. The van der Waals surface area contributed by atoms with E-state index in [1.54, 1.807) is 12.1 Å². The maximum Gasteiger partial charge on any atom is 0.238 e. The van der Waals surface area contributed by atoms with Crippen LogP contribution < -0.4 is 20.1 Å². The SMILES string of the molecule is Cc1cccc(C)c1NC(=O)CN1CCC(NCC(O)C2COc3c(ccc(Cl)c3C)O2)CC1. The molecule has 34 heavy (non-hydrogen) atoms. The Morgan fingerprint density at radius 2 is 1.88 bits per heavy atom. The predicted molar refractivity (Wildman–Crippen MR) is 134 cm³/mol. The van der Waals surface area contributed by atoms with Gasteiger partial charge in [0.15, 0.2) is 17.6 Å². The number of hydrogen-bond donors (Lipinski definition) is 3. The summed E-state index contributed by atoms with van der Waals surface area (Å²) >= 11 is 6.15. The van der Waals surface area contributed by atoms with E-state index in [1.165, 1.54) is 0 Å². The van der Waals surface area contributed by atoms with Crippen molar-refractivity contribution >= 4 is 23.2 Å². The molecule has 2 aromatic carbocycles. The van der Waals surface area contributed by atoms with E-state index in [0.717, 1.165) is 48.3 Å². The number of nitrogens with zero attached hydrogens (tertiary/aromatic N) is 1. The van der Waals surface area contributed by atoms with Crippen LogP contribution in [-0.4, -0.2) is 66.9 Å². The van der Waals surface area contributed by atoms with Crippen molar-refractivity contribution in [1.29, 1.82) is 0 Å². The van der Waals surface area contributed by atoms with E-state index in [2.05, 4.69) is 15.5 Å². The second kappa shape index (κ2) is 11.0. The molecule has 1 amide bonds. The van der Waals surface area contributed by atoms with Crippen LogP contribution in [0.1, 0.15) is 29.5 Å². The van der Waals surface area contributed by atoms with E-state index in [4.69, 9.17) is 21.1 Å². The van der Waals surface area contributed by atoms with Crippen LogP contribution in [0.3, 0.4) is 0 Å². The number of carbonyl (C=O) groups is 1. The fourth-order valence-corrected chi connectivity index (χ4v) is 4.72. The number of amides is 1. The Bertz CT molecular complexity index is 1000. The number of nitrogens with one attached hydrogen (secondary N) is 2. The highest BCUT2D eigenvalue weighted by molar-refractivity contribution is 6.31. The molecule has 4 rings (SSSR count). The number of carbonyl (C=O) groups excluding carboxylic acids is 1. The highest BCUT2D eigenvalue weighted by atomic mass is 35.5. The monoisotopic (exact) mass is 487 g/mol. The molecule has 8 heteroatoms. The van der Waals surface area contributed by atoms with Gasteiger partial charge in [-0.3, -0.25) is 9.69 Å². The largest absolute Gasteiger partial charge is 0.485 e. The number of ether oxygens (including phenoxy) is 2. The van der Waals surface area contributed by atoms with Crippen LogP contribution in [0.5, 0.6) is 11.5 Å². The Kier molecular flexibility index (Phi) is 7.99. The zero-order valence-electron chi connectivity index (χ0n) is 20.1. The van der Waals surface area contributed by atoms with Gasteiger partial charge in [-0.25, -0.2) is 0 Å². The van der Waals surface area contributed by atoms with E-state index in [9.17, 15) is 9.90 Å². The van der Waals surface area contributed by atoms with Gasteiger partial charge in [-0.05, 0) is 56.9 Å². The topological polar surface area (TPSA) is 83.1 Å². The number of likely N-dealkylation sites (tertiary alicyclic amines) is 1. The van der Waals surface area contributed by atoms with Crippen molar-refractivity contribution in [3.05, 3.63) is 52.0 Å². The summed E-state index contributed by atoms with van der Waals surface area (Å²) in [4.78, 5) is 14.7. The van der Waals surface area contributed by atoms with Crippen molar-refractivity contribution < 1.29 is 19.4 Å². The Labute approximate surface area is 206 Å². The maximum atomic E-state index is 12.5. The summed E-state index contributed by atoms with van der Waals surface area (Å²) < 4.78 is 11.8. The van der Waals surface area contributed by atoms with Crippen LogP contribution in [0.4, 0.5) is 5.69 Å². The molecule has 7 nitrogen and oxygen atoms in total. The molecule has 2 aliphatic rings. The first-order chi connectivity index (χ1) is 16.3. The Hall–Kier alpha value is -2.32. The van der Waals surface area contributed by atoms with Gasteiger partial charge in [-0.15, -0.1) is 0 Å². The van der Waals surface area contributed by atoms with E-state index < -0.39 is 12.2 Å². The van der Waals surface area contributed by atoms with Crippen LogP contribution in [0, 0.1) is 20.8 Å². The van der Waals surface area contributed by atoms with Crippen molar-refractivity contribution in [3.8, 4) is 11.5 Å². The first kappa shape index (κ1) is 24.8. The number of aliphatic hydroxyl groups is 1. The molecule has 0 radical (unpaired) electrons. The van der Waals surface area contributed by atoms with Gasteiger partial charge in [0.05, 0.1) is 6.54 Å². The Morgan fingerprint density at radius 1 is 1.18 bits per heavy atom. The molecule has 1 fully saturated rings. The third-order valence-electron chi connectivity index (χ3n) is 6.72. The molecule has 1 saturated heterocycles. The van der Waals surface area contributed by atoms with Crippen molar-refractivity contribution in [1.82, 2.24) is 10.2 Å². The minimum Gasteiger partial charge on any atom is -0.485 e. The molecule has 0 bridgehead atoms. The van der Waals surface area contributed by atoms with Crippen molar-refractivity contribution in [2.24, 2.45) is 0 Å². The lowest BCUT2D eigenvalue weighted by Gasteiger charge is -2.34. The average molecular weight is 488 g/mol. The molecule has 3 N–H and O–H groups in total. The molecule has 0 aliphatic carbocycles. The first-order valence-corrected chi connectivity index (χ1v) is 12.3. The van der Waals surface area contributed by atoms with E-state index >= 15 is 0 Å². The molecule has 2 unspecified atom stereocenters. The van der Waals surface area contributed by atoms with Crippen molar-refractivity contribution in [3.63, 3.8) is 0 Å². The second-order valence-corrected chi connectivity index (χ2v) is 9.72. The van der Waals surface area contributed by atoms with Crippen LogP contribution in [0.15, 0.2) is 30.3 Å². The van der Waals surface area contributed by atoms with Gasteiger partial charge in [0.1, 0.15) is 12.7 Å². The fourth-order valence-electron chi connectivity index (χ4n) is 4.57. The molecular weight excluding hydrogens is 454 g/mol. The number of aryl methyl sites for hydroxylation is 2. The summed E-state index contributed by atoms with van der Waals surface area (Å²) in [6, 6.07) is 9.87. The third-order valence-corrected chi connectivity index (χ3v) is 7.13. The lowest BCUT2D eigenvalue weighted by molar-refractivity contribution is -0.117. The van der Waals surface area contributed by atoms with Gasteiger partial charge in [-0.1, -0.05) is 29.8 Å². The summed E-state index contributed by atoms with van der Waals surface area (Å²) in [6.45, 7) is 8.68. The summed E-state index contributed by atoms with van der Waals surface area (Å²) in [5, 5.41) is 17.8. The van der Waals surface area contributed by atoms with Gasteiger partial charge in [0, 0.05) is 41.9 Å². The number of hydrogen-bond acceptors (Lipinski definition) is 6. The van der Waals surface area contributed by atoms with Gasteiger partial charge >= 0.3 is 0 Å². The van der Waals surface area contributed by atoms with Crippen LogP contribution in [-0.2, 0) is 4.79 Å². The number of benzene rings is 2. The van der Waals surface area contributed by atoms with Crippen molar-refractivity contribution in [2.45, 2.75) is 51.9 Å². The van der Waals surface area contributed by atoms with Crippen molar-refractivity contribution in [2.75, 3.05) is 38.1 Å². The molecular formula is C26H34ClN3O4. The number of rotatable bonds is 7. The summed E-state index contributed by atoms with van der Waals surface area (Å²) in [5.74, 6) is 1.29. The third kappa shape index (κ3) is 5.84. The van der Waals surface area contributed by atoms with Crippen LogP contribution in [0.2, 0.25) is 5.02 Å². The smallest absolute Gasteiger partial charge is 0.238 e. The molecule has 0 saturated carbocycles. The summed E-state index contributed by atoms with van der Waals surface area (Å²) in [6.07, 6.45) is 0.720. The molecule has 2 aliphatic heterocycles. The highest BCUT2D eigenvalue weighted by Crippen LogP contribution is 2.38. The molecule has 2 aromatic rings. The van der Waals surface area contributed by atoms with Gasteiger partial charge in [0.2, 0.25) is 5.91 Å². The quantitative estimate of drug-likeness (QED) is 0.555. The molecule has 2 atom stereocenters. The molecule has 0 aromatic heterocycles. The van der Waals surface area contributed by atoms with E-state index in [-0.39, 0.29) is 12.5 Å². The number of halogens is 1. The molecule has 0 spiro atoms. The molecule has 2 heterocycles. The first-order valence-electron chi connectivity index (χ1n) is 11.9. The van der Waals surface area contributed by atoms with Crippen LogP contribution in [0.25, 0.3) is 0 Å². The lowest BCUT2D eigenvalue weighted by atomic mass is 10.0. The fraction of sp³-hybridized carbons (Fsp3) is 0.500. The van der Waals surface area contributed by atoms with Gasteiger partial charge in [-0.2, -0.15) is 0 Å². The van der Waals surface area contributed by atoms with E-state index in [0.29, 0.717) is 35.7 Å². The number of para-hydroxylation sites is 1. The van der Waals surface area contributed by atoms with Gasteiger partial charge in [0.25, 0.3) is 0 Å². The lowest BCUT2D eigenvalue weighted by Crippen LogP contribution is -2.50. The zero-order valence-corrected chi connectivity index (χ0v) is 20.8. The molecule has 184 valence electrons. The van der Waals surface area contributed by atoms with Gasteiger partial charge < -0.3 is 25.2 Å². The number of aliphatic hydroxyl groups excluding tert-OH is 1. The minimum atomic E-state index is -0.690. The Morgan fingerprint density at radius 3 is 2.59 bits per heavy atom. The number of fused-ring (bicyclic) bond motifs is 1. The zero-order chi connectivity index (χ0) is 24.2. The second-order valence-electron chi connectivity index (χ2n) is 9.31. The Balaban J connectivity index is 1.19. The standard InChI is InChI=1S/C26H34ClN3O4/c1-16-5-4-6-17(2)25(16)29-24(32)14-30-11-9-19(10-12-30)28-13-21(31)23-15-33-26-18(3)20(27)7-8-22(26)34-23/h4-8,19,21,23,28,31H,9-15H2,1-3H3,(H,29,32). The summed E-state index contributed by atoms with van der Waals surface area (Å²) in [5.41, 5.74) is 3.90. The number of piperidine rings is 1. The normalized spacial score (nSPS) is 19.6. The highest BCUT2D eigenvalue weighted by Gasteiger charge is 2.30. The minimum absolute atomic E-state index is 0.0190. The number of anilines is 1. The maximum absolute atomic E-state index is 12.5. The average Bonchev–Trinajstić information content (AvgIpc) is 2.83.